The van der Waals surface area contributed by atoms with E-state index in [1.807, 2.05) is 18.2 Å². The highest BCUT2D eigenvalue weighted by Gasteiger charge is 2.12. The lowest BCUT2D eigenvalue weighted by Crippen LogP contribution is -1.93. The molecule has 0 aliphatic carbocycles. The van der Waals surface area contributed by atoms with Crippen LogP contribution in [0.3, 0.4) is 0 Å². The lowest BCUT2D eigenvalue weighted by atomic mass is 10.00. The minimum Gasteiger partial charge on any atom is -0.494 e. The smallest absolute Gasteiger partial charge is 0.165 e. The molecule has 1 N–H and O–H groups in total. The summed E-state index contributed by atoms with van der Waals surface area (Å²) in [6, 6.07) is 10.5. The van der Waals surface area contributed by atoms with Gasteiger partial charge in [-0.1, -0.05) is 6.07 Å². The first kappa shape index (κ1) is 14.3. The van der Waals surface area contributed by atoms with Gasteiger partial charge in [0.2, 0.25) is 0 Å². The lowest BCUT2D eigenvalue weighted by Gasteiger charge is -2.10. The standard InChI is InChI=1S/C18H13FN4O/c1-24-16-8-11(4-5-15(16)19)17-14(3-2-6-20-17)12-7-13-10-22-23-18(13)21-9-12/h2-10H,1H3,(H,21,22,23). The van der Waals surface area contributed by atoms with Gasteiger partial charge in [0.25, 0.3) is 0 Å². The van der Waals surface area contributed by atoms with Crippen LogP contribution in [0, 0.1) is 5.82 Å². The Morgan fingerprint density at radius 1 is 1.04 bits per heavy atom. The molecule has 5 nitrogen and oxygen atoms in total. The van der Waals surface area contributed by atoms with Gasteiger partial charge in [-0.2, -0.15) is 5.10 Å². The second-order valence-corrected chi connectivity index (χ2v) is 5.28. The van der Waals surface area contributed by atoms with Crippen molar-refractivity contribution in [2.75, 3.05) is 7.11 Å². The molecule has 0 unspecified atom stereocenters. The summed E-state index contributed by atoms with van der Waals surface area (Å²) in [5.74, 6) is -0.215. The maximum Gasteiger partial charge on any atom is 0.165 e. The molecule has 24 heavy (non-hydrogen) atoms. The third-order valence-corrected chi connectivity index (χ3v) is 3.83. The molecule has 3 heterocycles. The van der Waals surface area contributed by atoms with E-state index in [9.17, 15) is 4.39 Å². The number of aromatic nitrogens is 4. The van der Waals surface area contributed by atoms with E-state index >= 15 is 0 Å². The molecule has 0 saturated carbocycles. The fraction of sp³-hybridized carbons (Fsp3) is 0.0556. The van der Waals surface area contributed by atoms with Crippen LogP contribution in [-0.2, 0) is 0 Å². The number of nitrogens with zero attached hydrogens (tertiary/aromatic N) is 3. The van der Waals surface area contributed by atoms with Gasteiger partial charge in [0.15, 0.2) is 17.2 Å². The lowest BCUT2D eigenvalue weighted by molar-refractivity contribution is 0.387. The predicted octanol–water partition coefficient (Wildman–Crippen LogP) is 3.83. The summed E-state index contributed by atoms with van der Waals surface area (Å²) in [5, 5.41) is 7.73. The zero-order chi connectivity index (χ0) is 16.5. The van der Waals surface area contributed by atoms with Crippen molar-refractivity contribution in [3.63, 3.8) is 0 Å². The van der Waals surface area contributed by atoms with E-state index in [1.54, 1.807) is 30.7 Å². The summed E-state index contributed by atoms with van der Waals surface area (Å²) in [7, 11) is 1.44. The Hall–Kier alpha value is -3.28. The Bertz CT molecular complexity index is 1030. The molecule has 4 rings (SSSR count). The fourth-order valence-electron chi connectivity index (χ4n) is 2.66. The number of ether oxygens (including phenoxy) is 1. The number of hydrogen-bond acceptors (Lipinski definition) is 4. The number of pyridine rings is 2. The van der Waals surface area contributed by atoms with Crippen LogP contribution in [0.5, 0.6) is 5.75 Å². The molecular formula is C18H13FN4O. The number of halogens is 1. The average Bonchev–Trinajstić information content (AvgIpc) is 3.10. The Labute approximate surface area is 137 Å². The number of hydrogen-bond donors (Lipinski definition) is 1. The monoisotopic (exact) mass is 320 g/mol. The van der Waals surface area contributed by atoms with Crippen molar-refractivity contribution in [3.8, 4) is 28.1 Å². The number of nitrogens with one attached hydrogen (secondary N) is 1. The van der Waals surface area contributed by atoms with E-state index in [0.29, 0.717) is 0 Å². The minimum absolute atomic E-state index is 0.188. The van der Waals surface area contributed by atoms with Crippen LogP contribution in [0.2, 0.25) is 0 Å². The summed E-state index contributed by atoms with van der Waals surface area (Å²) < 4.78 is 18.8. The Kier molecular flexibility index (Phi) is 3.42. The Morgan fingerprint density at radius 3 is 2.83 bits per heavy atom. The second kappa shape index (κ2) is 5.73. The van der Waals surface area contributed by atoms with Gasteiger partial charge in [-0.3, -0.25) is 10.1 Å². The molecule has 0 fully saturated rings. The van der Waals surface area contributed by atoms with Crippen molar-refractivity contribution in [3.05, 3.63) is 60.8 Å². The number of aromatic amines is 1. The van der Waals surface area contributed by atoms with Gasteiger partial charge < -0.3 is 4.74 Å². The molecule has 1 aromatic carbocycles. The van der Waals surface area contributed by atoms with Gasteiger partial charge in [-0.05, 0) is 30.3 Å². The molecule has 0 bridgehead atoms. The van der Waals surface area contributed by atoms with Gasteiger partial charge in [-0.25, -0.2) is 9.37 Å². The van der Waals surface area contributed by atoms with Crippen molar-refractivity contribution in [1.29, 1.82) is 0 Å². The highest BCUT2D eigenvalue weighted by atomic mass is 19.1. The Balaban J connectivity index is 1.89. The van der Waals surface area contributed by atoms with Crippen molar-refractivity contribution in [2.24, 2.45) is 0 Å². The van der Waals surface area contributed by atoms with Crippen molar-refractivity contribution in [2.45, 2.75) is 0 Å². The van der Waals surface area contributed by atoms with Crippen molar-refractivity contribution >= 4 is 11.0 Å². The van der Waals surface area contributed by atoms with Crippen LogP contribution in [-0.4, -0.2) is 27.3 Å². The first-order valence-corrected chi connectivity index (χ1v) is 7.34. The number of benzene rings is 1. The first-order chi connectivity index (χ1) is 11.8. The molecule has 118 valence electrons. The highest BCUT2D eigenvalue weighted by Crippen LogP contribution is 2.33. The number of fused-ring (bicyclic) bond motifs is 1. The van der Waals surface area contributed by atoms with Crippen LogP contribution in [0.4, 0.5) is 4.39 Å². The fourth-order valence-corrected chi connectivity index (χ4v) is 2.66. The Morgan fingerprint density at radius 2 is 1.96 bits per heavy atom. The number of rotatable bonds is 3. The van der Waals surface area contributed by atoms with Gasteiger partial charge >= 0.3 is 0 Å². The summed E-state index contributed by atoms with van der Waals surface area (Å²) in [6.45, 7) is 0. The van der Waals surface area contributed by atoms with Crippen LogP contribution in [0.1, 0.15) is 0 Å². The molecule has 0 spiro atoms. The first-order valence-electron chi connectivity index (χ1n) is 7.34. The summed E-state index contributed by atoms with van der Waals surface area (Å²) >= 11 is 0. The largest absolute Gasteiger partial charge is 0.494 e. The molecule has 4 aromatic rings. The number of H-pyrrole nitrogens is 1. The second-order valence-electron chi connectivity index (χ2n) is 5.28. The van der Waals surface area contributed by atoms with E-state index in [-0.39, 0.29) is 5.75 Å². The van der Waals surface area contributed by atoms with Crippen LogP contribution in [0.25, 0.3) is 33.4 Å². The average molecular weight is 320 g/mol. The molecule has 6 heteroatoms. The summed E-state index contributed by atoms with van der Waals surface area (Å²) in [4.78, 5) is 8.84. The number of methoxy groups -OCH3 is 1. The summed E-state index contributed by atoms with van der Waals surface area (Å²) in [5.41, 5.74) is 4.06. The normalized spacial score (nSPS) is 10.9. The summed E-state index contributed by atoms with van der Waals surface area (Å²) in [6.07, 6.45) is 5.20. The molecule has 0 saturated heterocycles. The molecule has 0 radical (unpaired) electrons. The van der Waals surface area contributed by atoms with Crippen molar-refractivity contribution in [1.82, 2.24) is 20.2 Å². The minimum atomic E-state index is -0.403. The third kappa shape index (κ3) is 2.38. The third-order valence-electron chi connectivity index (χ3n) is 3.83. The van der Waals surface area contributed by atoms with Gasteiger partial charge in [0.05, 0.1) is 19.0 Å². The molecule has 0 amide bonds. The van der Waals surface area contributed by atoms with Crippen LogP contribution in [0.15, 0.2) is 55.0 Å². The molecule has 0 aliphatic heterocycles. The molecule has 0 aliphatic rings. The van der Waals surface area contributed by atoms with Crippen molar-refractivity contribution < 1.29 is 9.13 Å². The molecule has 3 aromatic heterocycles. The topological polar surface area (TPSA) is 63.7 Å². The highest BCUT2D eigenvalue weighted by molar-refractivity contribution is 5.86. The van der Waals surface area contributed by atoms with E-state index in [2.05, 4.69) is 20.2 Å². The maximum absolute atomic E-state index is 13.7. The quantitative estimate of drug-likeness (QED) is 0.623. The zero-order valence-corrected chi connectivity index (χ0v) is 12.8. The van der Waals surface area contributed by atoms with Crippen LogP contribution >= 0.6 is 0 Å². The molecule has 0 atom stereocenters. The van der Waals surface area contributed by atoms with E-state index in [1.165, 1.54) is 13.2 Å². The molecular weight excluding hydrogens is 307 g/mol. The SMILES string of the molecule is COc1cc(-c2ncccc2-c2cnc3[nH]ncc3c2)ccc1F. The van der Waals surface area contributed by atoms with Gasteiger partial charge in [-0.15, -0.1) is 0 Å². The van der Waals surface area contributed by atoms with E-state index < -0.39 is 5.82 Å². The van der Waals surface area contributed by atoms with E-state index in [0.717, 1.165) is 33.4 Å². The predicted molar refractivity (Wildman–Crippen MR) is 89.1 cm³/mol. The zero-order valence-electron chi connectivity index (χ0n) is 12.8. The van der Waals surface area contributed by atoms with Gasteiger partial charge in [0, 0.05) is 34.5 Å². The van der Waals surface area contributed by atoms with Gasteiger partial charge in [0.1, 0.15) is 0 Å². The van der Waals surface area contributed by atoms with E-state index in [4.69, 9.17) is 4.74 Å². The maximum atomic E-state index is 13.7. The van der Waals surface area contributed by atoms with Crippen LogP contribution < -0.4 is 4.74 Å².